The number of carbonyl (C=O) groups excluding carboxylic acids is 1. The predicted molar refractivity (Wildman–Crippen MR) is 139 cm³/mol. The fraction of sp³-hybridized carbons (Fsp3) is 0.345. The second-order valence-corrected chi connectivity index (χ2v) is 10.2. The average molecular weight is 510 g/mol. The SMILES string of the molecule is CC(C)(C)OC(=O)ON1CCC(c2ccc(Cl)cc2)C(OCc2ccc(Oc3ccccc3)cc2)C1. The van der Waals surface area contributed by atoms with Crippen molar-refractivity contribution < 1.29 is 23.8 Å². The molecule has 3 aromatic carbocycles. The molecule has 0 aromatic heterocycles. The Labute approximate surface area is 217 Å². The van der Waals surface area contributed by atoms with Crippen LogP contribution in [0.3, 0.4) is 0 Å². The van der Waals surface area contributed by atoms with Gasteiger partial charge in [0, 0.05) is 17.5 Å². The number of hydrogen-bond donors (Lipinski definition) is 0. The summed E-state index contributed by atoms with van der Waals surface area (Å²) in [5.74, 6) is 1.69. The normalized spacial score (nSPS) is 18.4. The molecule has 2 unspecified atom stereocenters. The number of piperidine rings is 1. The maximum Gasteiger partial charge on any atom is 0.528 e. The Hall–Kier alpha value is -3.06. The minimum absolute atomic E-state index is 0.140. The second-order valence-electron chi connectivity index (χ2n) is 9.80. The minimum atomic E-state index is -0.708. The Morgan fingerprint density at radius 2 is 1.61 bits per heavy atom. The highest BCUT2D eigenvalue weighted by Crippen LogP contribution is 2.32. The fourth-order valence-electron chi connectivity index (χ4n) is 4.09. The lowest BCUT2D eigenvalue weighted by atomic mass is 9.87. The number of carbonyl (C=O) groups is 1. The van der Waals surface area contributed by atoms with Crippen LogP contribution in [0.15, 0.2) is 78.9 Å². The number of rotatable bonds is 7. The van der Waals surface area contributed by atoms with Crippen LogP contribution in [0.25, 0.3) is 0 Å². The van der Waals surface area contributed by atoms with Gasteiger partial charge in [-0.2, -0.15) is 0 Å². The van der Waals surface area contributed by atoms with Crippen LogP contribution in [0.5, 0.6) is 11.5 Å². The number of halogens is 1. The molecule has 190 valence electrons. The van der Waals surface area contributed by atoms with Crippen LogP contribution in [0, 0.1) is 0 Å². The number of benzene rings is 3. The molecule has 0 radical (unpaired) electrons. The molecule has 0 amide bonds. The minimum Gasteiger partial charge on any atom is -0.457 e. The van der Waals surface area contributed by atoms with Gasteiger partial charge in [0.25, 0.3) is 0 Å². The summed E-state index contributed by atoms with van der Waals surface area (Å²) in [5, 5.41) is 2.32. The highest BCUT2D eigenvalue weighted by Gasteiger charge is 2.34. The van der Waals surface area contributed by atoms with Crippen LogP contribution in [-0.2, 0) is 20.9 Å². The van der Waals surface area contributed by atoms with Crippen molar-refractivity contribution in [2.45, 2.75) is 51.4 Å². The smallest absolute Gasteiger partial charge is 0.457 e. The summed E-state index contributed by atoms with van der Waals surface area (Å²) in [6, 6.07) is 25.4. The molecule has 4 rings (SSSR count). The van der Waals surface area contributed by atoms with Gasteiger partial charge in [0.1, 0.15) is 17.1 Å². The van der Waals surface area contributed by atoms with Crippen molar-refractivity contribution >= 4 is 17.8 Å². The van der Waals surface area contributed by atoms with Crippen molar-refractivity contribution in [1.82, 2.24) is 5.06 Å². The predicted octanol–water partition coefficient (Wildman–Crippen LogP) is 7.37. The second kappa shape index (κ2) is 11.8. The Morgan fingerprint density at radius 1 is 0.944 bits per heavy atom. The van der Waals surface area contributed by atoms with E-state index in [9.17, 15) is 4.79 Å². The van der Waals surface area contributed by atoms with Gasteiger partial charge in [-0.25, -0.2) is 4.79 Å². The summed E-state index contributed by atoms with van der Waals surface area (Å²) in [5.41, 5.74) is 1.55. The van der Waals surface area contributed by atoms with Crippen LogP contribution >= 0.6 is 11.6 Å². The van der Waals surface area contributed by atoms with E-state index in [1.165, 1.54) is 0 Å². The molecule has 36 heavy (non-hydrogen) atoms. The van der Waals surface area contributed by atoms with Crippen LogP contribution in [0.1, 0.15) is 44.2 Å². The van der Waals surface area contributed by atoms with Gasteiger partial charge >= 0.3 is 6.16 Å². The van der Waals surface area contributed by atoms with Crippen LogP contribution in [0.4, 0.5) is 4.79 Å². The van der Waals surface area contributed by atoms with Crippen molar-refractivity contribution in [1.29, 1.82) is 0 Å². The topological polar surface area (TPSA) is 57.2 Å². The Balaban J connectivity index is 1.41. The molecule has 2 atom stereocenters. The van der Waals surface area contributed by atoms with Crippen LogP contribution in [0.2, 0.25) is 5.02 Å². The van der Waals surface area contributed by atoms with E-state index in [-0.39, 0.29) is 12.0 Å². The first kappa shape index (κ1) is 26.0. The van der Waals surface area contributed by atoms with Crippen LogP contribution in [-0.4, -0.2) is 36.0 Å². The molecule has 6 nitrogen and oxygen atoms in total. The van der Waals surface area contributed by atoms with E-state index in [4.69, 9.17) is 30.6 Å². The number of para-hydroxylation sites is 1. The van der Waals surface area contributed by atoms with E-state index < -0.39 is 11.8 Å². The number of ether oxygens (including phenoxy) is 3. The van der Waals surface area contributed by atoms with Crippen molar-refractivity contribution in [3.05, 3.63) is 95.0 Å². The third-order valence-electron chi connectivity index (χ3n) is 5.78. The van der Waals surface area contributed by atoms with E-state index >= 15 is 0 Å². The monoisotopic (exact) mass is 509 g/mol. The lowest BCUT2D eigenvalue weighted by Gasteiger charge is -2.37. The number of nitrogens with zero attached hydrogens (tertiary/aromatic N) is 1. The van der Waals surface area contributed by atoms with Crippen molar-refractivity contribution in [3.8, 4) is 11.5 Å². The zero-order valence-corrected chi connectivity index (χ0v) is 21.6. The maximum atomic E-state index is 12.2. The quantitative estimate of drug-likeness (QED) is 0.310. The number of hydrogen-bond acceptors (Lipinski definition) is 6. The summed E-state index contributed by atoms with van der Waals surface area (Å²) >= 11 is 6.10. The molecule has 0 saturated carbocycles. The molecule has 1 saturated heterocycles. The van der Waals surface area contributed by atoms with Gasteiger partial charge in [0.15, 0.2) is 0 Å². The highest BCUT2D eigenvalue weighted by molar-refractivity contribution is 6.30. The van der Waals surface area contributed by atoms with E-state index in [0.29, 0.717) is 24.7 Å². The third kappa shape index (κ3) is 7.72. The van der Waals surface area contributed by atoms with Gasteiger partial charge in [-0.3, -0.25) is 0 Å². The first-order valence-electron chi connectivity index (χ1n) is 12.1. The van der Waals surface area contributed by atoms with E-state index in [1.54, 1.807) is 5.06 Å². The molecular formula is C29H32ClNO5. The molecule has 0 bridgehead atoms. The summed E-state index contributed by atoms with van der Waals surface area (Å²) in [6.45, 7) is 6.86. The first-order chi connectivity index (χ1) is 17.2. The Bertz CT molecular complexity index is 1110. The van der Waals surface area contributed by atoms with Gasteiger partial charge in [-0.15, -0.1) is 5.06 Å². The average Bonchev–Trinajstić information content (AvgIpc) is 2.84. The fourth-order valence-corrected chi connectivity index (χ4v) is 4.21. The van der Waals surface area contributed by atoms with Gasteiger partial charge in [0.2, 0.25) is 0 Å². The Kier molecular flexibility index (Phi) is 8.52. The Morgan fingerprint density at radius 3 is 2.28 bits per heavy atom. The van der Waals surface area contributed by atoms with Gasteiger partial charge < -0.3 is 19.0 Å². The summed E-state index contributed by atoms with van der Waals surface area (Å²) < 4.78 is 17.6. The molecule has 1 heterocycles. The van der Waals surface area contributed by atoms with Gasteiger partial charge in [-0.1, -0.05) is 54.1 Å². The van der Waals surface area contributed by atoms with Gasteiger partial charge in [-0.05, 0) is 74.7 Å². The van der Waals surface area contributed by atoms with E-state index in [2.05, 4.69) is 0 Å². The molecule has 3 aromatic rings. The van der Waals surface area contributed by atoms with E-state index in [0.717, 1.165) is 29.0 Å². The molecular weight excluding hydrogens is 478 g/mol. The third-order valence-corrected chi connectivity index (χ3v) is 6.03. The molecule has 0 spiro atoms. The van der Waals surface area contributed by atoms with Crippen molar-refractivity contribution in [3.63, 3.8) is 0 Å². The lowest BCUT2D eigenvalue weighted by molar-refractivity contribution is -0.179. The maximum absolute atomic E-state index is 12.2. The summed E-state index contributed by atoms with van der Waals surface area (Å²) in [7, 11) is 0. The standard InChI is InChI=1S/C29H32ClNO5/c1-29(2,3)35-28(32)36-31-18-17-26(22-11-13-23(30)14-12-22)27(19-31)33-20-21-9-15-25(16-10-21)34-24-7-5-4-6-8-24/h4-16,26-27H,17-20H2,1-3H3. The van der Waals surface area contributed by atoms with Crippen molar-refractivity contribution in [2.24, 2.45) is 0 Å². The molecule has 7 heteroatoms. The van der Waals surface area contributed by atoms with Crippen LogP contribution < -0.4 is 4.74 Å². The lowest BCUT2D eigenvalue weighted by Crippen LogP contribution is -2.45. The first-order valence-corrected chi connectivity index (χ1v) is 12.5. The highest BCUT2D eigenvalue weighted by atomic mass is 35.5. The molecule has 0 N–H and O–H groups in total. The summed E-state index contributed by atoms with van der Waals surface area (Å²) in [6.07, 6.45) is -0.137. The molecule has 1 aliphatic rings. The van der Waals surface area contributed by atoms with Gasteiger partial charge in [0.05, 0.1) is 19.3 Å². The molecule has 0 aliphatic carbocycles. The largest absolute Gasteiger partial charge is 0.528 e. The van der Waals surface area contributed by atoms with E-state index in [1.807, 2.05) is 99.6 Å². The van der Waals surface area contributed by atoms with Crippen molar-refractivity contribution in [2.75, 3.05) is 13.1 Å². The molecule has 1 aliphatic heterocycles. The zero-order chi connectivity index (χ0) is 25.5. The zero-order valence-electron chi connectivity index (χ0n) is 20.9. The molecule has 1 fully saturated rings. The summed E-state index contributed by atoms with van der Waals surface area (Å²) in [4.78, 5) is 17.7. The number of hydroxylamine groups is 2.